The summed E-state index contributed by atoms with van der Waals surface area (Å²) in [6.45, 7) is 1.05. The molecule has 0 aromatic heterocycles. The third-order valence-electron chi connectivity index (χ3n) is 4.49. The van der Waals surface area contributed by atoms with Crippen molar-refractivity contribution in [1.82, 2.24) is 10.2 Å². The molecule has 0 unspecified atom stereocenters. The normalized spacial score (nSPS) is 13.7. The van der Waals surface area contributed by atoms with Crippen molar-refractivity contribution in [3.8, 4) is 5.75 Å². The molecule has 0 bridgehead atoms. The fourth-order valence-electron chi connectivity index (χ4n) is 2.97. The summed E-state index contributed by atoms with van der Waals surface area (Å²) >= 11 is 0. The average molecular weight is 396 g/mol. The molecule has 1 aliphatic heterocycles. The van der Waals surface area contributed by atoms with Gasteiger partial charge in [0.15, 0.2) is 6.10 Å². The van der Waals surface area contributed by atoms with Crippen LogP contribution in [-0.4, -0.2) is 48.3 Å². The summed E-state index contributed by atoms with van der Waals surface area (Å²) in [6, 6.07) is 13.5. The third-order valence-corrected chi connectivity index (χ3v) is 4.49. The van der Waals surface area contributed by atoms with E-state index in [-0.39, 0.29) is 17.7 Å². The van der Waals surface area contributed by atoms with Gasteiger partial charge in [-0.05, 0) is 25.1 Å². The van der Waals surface area contributed by atoms with Crippen LogP contribution in [0.2, 0.25) is 0 Å². The number of amides is 3. The number of esters is 1. The molecule has 1 N–H and O–H groups in total. The van der Waals surface area contributed by atoms with E-state index >= 15 is 0 Å². The van der Waals surface area contributed by atoms with Crippen LogP contribution < -0.4 is 10.1 Å². The SMILES string of the molecule is COc1ccccc1CNC(=O)[C@@H](C)OC(=O)CN1C(=O)c2ccccc2C1=O. The molecule has 0 radical (unpaired) electrons. The summed E-state index contributed by atoms with van der Waals surface area (Å²) in [4.78, 5) is 49.8. The van der Waals surface area contributed by atoms with E-state index in [0.717, 1.165) is 10.5 Å². The van der Waals surface area contributed by atoms with Gasteiger partial charge in [0.25, 0.3) is 17.7 Å². The van der Waals surface area contributed by atoms with E-state index in [1.54, 1.807) is 24.3 Å². The monoisotopic (exact) mass is 396 g/mol. The van der Waals surface area contributed by atoms with Crippen molar-refractivity contribution in [2.45, 2.75) is 19.6 Å². The first kappa shape index (κ1) is 20.1. The van der Waals surface area contributed by atoms with Crippen molar-refractivity contribution in [2.75, 3.05) is 13.7 Å². The highest BCUT2D eigenvalue weighted by Crippen LogP contribution is 2.22. The van der Waals surface area contributed by atoms with Crippen molar-refractivity contribution in [1.29, 1.82) is 0 Å². The molecule has 1 heterocycles. The van der Waals surface area contributed by atoms with E-state index in [9.17, 15) is 19.2 Å². The van der Waals surface area contributed by atoms with Crippen molar-refractivity contribution < 1.29 is 28.7 Å². The molecule has 3 rings (SSSR count). The average Bonchev–Trinajstić information content (AvgIpc) is 2.97. The van der Waals surface area contributed by atoms with Gasteiger partial charge in [-0.25, -0.2) is 0 Å². The van der Waals surface area contributed by atoms with E-state index in [1.807, 2.05) is 12.1 Å². The minimum atomic E-state index is -1.09. The smallest absolute Gasteiger partial charge is 0.326 e. The first-order valence-electron chi connectivity index (χ1n) is 8.96. The molecule has 0 saturated carbocycles. The molecule has 0 fully saturated rings. The number of nitrogens with one attached hydrogen (secondary N) is 1. The van der Waals surface area contributed by atoms with E-state index in [0.29, 0.717) is 5.75 Å². The maximum absolute atomic E-state index is 12.3. The van der Waals surface area contributed by atoms with E-state index in [1.165, 1.54) is 26.2 Å². The number of carbonyl (C=O) groups is 4. The standard InChI is InChI=1S/C21H20N2O6/c1-13(19(25)22-11-14-7-3-6-10-17(14)28-2)29-18(24)12-23-20(26)15-8-4-5-9-16(15)21(23)27/h3-10,13H,11-12H2,1-2H3,(H,22,25)/t13-/m1/s1. The van der Waals surface area contributed by atoms with Crippen molar-refractivity contribution in [3.63, 3.8) is 0 Å². The lowest BCUT2D eigenvalue weighted by Gasteiger charge is -2.17. The van der Waals surface area contributed by atoms with Crippen molar-refractivity contribution in [2.24, 2.45) is 0 Å². The highest BCUT2D eigenvalue weighted by atomic mass is 16.5. The number of fused-ring (bicyclic) bond motifs is 1. The molecule has 1 aliphatic rings. The van der Waals surface area contributed by atoms with Gasteiger partial charge in [0.2, 0.25) is 0 Å². The topological polar surface area (TPSA) is 102 Å². The van der Waals surface area contributed by atoms with Crippen molar-refractivity contribution >= 4 is 23.7 Å². The summed E-state index contributed by atoms with van der Waals surface area (Å²) in [5.74, 6) is -1.85. The number of carbonyl (C=O) groups excluding carboxylic acids is 4. The zero-order valence-corrected chi connectivity index (χ0v) is 16.0. The zero-order valence-electron chi connectivity index (χ0n) is 16.0. The molecule has 0 spiro atoms. The Bertz CT molecular complexity index is 936. The molecule has 150 valence electrons. The fraction of sp³-hybridized carbons (Fsp3) is 0.238. The number of para-hydroxylation sites is 1. The molecule has 8 nitrogen and oxygen atoms in total. The first-order chi connectivity index (χ1) is 13.9. The predicted octanol–water partition coefficient (Wildman–Crippen LogP) is 1.54. The number of hydrogen-bond acceptors (Lipinski definition) is 6. The summed E-state index contributed by atoms with van der Waals surface area (Å²) in [5, 5.41) is 2.66. The van der Waals surface area contributed by atoms with Crippen LogP contribution in [0, 0.1) is 0 Å². The number of imide groups is 1. The number of nitrogens with zero attached hydrogens (tertiary/aromatic N) is 1. The highest BCUT2D eigenvalue weighted by molar-refractivity contribution is 6.22. The van der Waals surface area contributed by atoms with Gasteiger partial charge in [-0.3, -0.25) is 24.1 Å². The summed E-state index contributed by atoms with van der Waals surface area (Å²) in [5.41, 5.74) is 1.26. The minimum Gasteiger partial charge on any atom is -0.496 e. The molecule has 2 aromatic rings. The van der Waals surface area contributed by atoms with E-state index in [4.69, 9.17) is 9.47 Å². The molecular weight excluding hydrogens is 376 g/mol. The third kappa shape index (κ3) is 4.26. The number of ether oxygens (including phenoxy) is 2. The quantitative estimate of drug-likeness (QED) is 0.563. The molecule has 3 amide bonds. The molecule has 2 aromatic carbocycles. The molecule has 29 heavy (non-hydrogen) atoms. The molecule has 8 heteroatoms. The maximum Gasteiger partial charge on any atom is 0.326 e. The lowest BCUT2D eigenvalue weighted by molar-refractivity contribution is -0.155. The molecular formula is C21H20N2O6. The maximum atomic E-state index is 12.3. The Morgan fingerprint density at radius 2 is 1.59 bits per heavy atom. The fourth-order valence-corrected chi connectivity index (χ4v) is 2.97. The van der Waals surface area contributed by atoms with Crippen LogP contribution in [0.3, 0.4) is 0 Å². The Hall–Kier alpha value is -3.68. The summed E-state index contributed by atoms with van der Waals surface area (Å²) < 4.78 is 10.3. The van der Waals surface area contributed by atoms with Crippen LogP contribution in [0.1, 0.15) is 33.2 Å². The Morgan fingerprint density at radius 3 is 2.21 bits per heavy atom. The first-order valence-corrected chi connectivity index (χ1v) is 8.96. The van der Waals surface area contributed by atoms with Gasteiger partial charge in [0, 0.05) is 12.1 Å². The van der Waals surface area contributed by atoms with E-state index < -0.39 is 36.3 Å². The molecule has 0 saturated heterocycles. The lowest BCUT2D eigenvalue weighted by Crippen LogP contribution is -2.40. The molecule has 1 atom stereocenters. The second kappa shape index (κ2) is 8.55. The number of rotatable bonds is 7. The highest BCUT2D eigenvalue weighted by Gasteiger charge is 2.37. The number of benzene rings is 2. The van der Waals surface area contributed by atoms with Crippen LogP contribution in [-0.2, 0) is 20.9 Å². The van der Waals surface area contributed by atoms with Crippen LogP contribution >= 0.6 is 0 Å². The second-order valence-corrected chi connectivity index (χ2v) is 6.40. The summed E-state index contributed by atoms with van der Waals surface area (Å²) in [7, 11) is 1.53. The predicted molar refractivity (Wildman–Crippen MR) is 102 cm³/mol. The van der Waals surface area contributed by atoms with Gasteiger partial charge in [-0.1, -0.05) is 30.3 Å². The van der Waals surface area contributed by atoms with Crippen LogP contribution in [0.5, 0.6) is 5.75 Å². The van der Waals surface area contributed by atoms with Gasteiger partial charge >= 0.3 is 5.97 Å². The largest absolute Gasteiger partial charge is 0.496 e. The minimum absolute atomic E-state index is 0.198. The second-order valence-electron chi connectivity index (χ2n) is 6.40. The van der Waals surface area contributed by atoms with Gasteiger partial charge in [-0.2, -0.15) is 0 Å². The summed E-state index contributed by atoms with van der Waals surface area (Å²) in [6.07, 6.45) is -1.09. The zero-order chi connectivity index (χ0) is 21.0. The Kier molecular flexibility index (Phi) is 5.92. The van der Waals surface area contributed by atoms with E-state index in [2.05, 4.69) is 5.32 Å². The van der Waals surface area contributed by atoms with Crippen LogP contribution in [0.15, 0.2) is 48.5 Å². The van der Waals surface area contributed by atoms with Crippen LogP contribution in [0.25, 0.3) is 0 Å². The number of methoxy groups -OCH3 is 1. The van der Waals surface area contributed by atoms with Gasteiger partial charge in [0.1, 0.15) is 12.3 Å². The van der Waals surface area contributed by atoms with Gasteiger partial charge < -0.3 is 14.8 Å². The number of hydrogen-bond donors (Lipinski definition) is 1. The Morgan fingerprint density at radius 1 is 1.00 bits per heavy atom. The van der Waals surface area contributed by atoms with Crippen molar-refractivity contribution in [3.05, 3.63) is 65.2 Å². The van der Waals surface area contributed by atoms with Gasteiger partial charge in [-0.15, -0.1) is 0 Å². The Labute approximate surface area is 167 Å². The lowest BCUT2D eigenvalue weighted by atomic mass is 10.1. The van der Waals surface area contributed by atoms with Gasteiger partial charge in [0.05, 0.1) is 18.2 Å². The molecule has 0 aliphatic carbocycles. The van der Waals surface area contributed by atoms with Crippen LogP contribution in [0.4, 0.5) is 0 Å². The Balaban J connectivity index is 1.53.